The van der Waals surface area contributed by atoms with Crippen molar-refractivity contribution in [1.82, 2.24) is 29.6 Å². The highest BCUT2D eigenvalue weighted by Gasteiger charge is 2.17. The molecule has 5 rings (SSSR count). The van der Waals surface area contributed by atoms with E-state index in [1.807, 2.05) is 66.9 Å². The molecule has 0 N–H and O–H groups in total. The molecule has 0 saturated carbocycles. The fourth-order valence-corrected chi connectivity index (χ4v) is 3.67. The Morgan fingerprint density at radius 3 is 2.42 bits per heavy atom. The zero-order chi connectivity index (χ0) is 22.8. The van der Waals surface area contributed by atoms with Gasteiger partial charge in [-0.3, -0.25) is 0 Å². The number of hydrogen-bond donors (Lipinski definition) is 0. The molecule has 0 spiro atoms. The largest absolute Gasteiger partial charge is 0.472 e. The molecule has 0 atom stereocenters. The molecule has 8 nitrogen and oxygen atoms in total. The van der Waals surface area contributed by atoms with E-state index in [-0.39, 0.29) is 12.3 Å². The highest BCUT2D eigenvalue weighted by atomic mass is 35.5. The Morgan fingerprint density at radius 1 is 0.909 bits per heavy atom. The van der Waals surface area contributed by atoms with E-state index in [1.54, 1.807) is 29.9 Å². The van der Waals surface area contributed by atoms with Crippen molar-refractivity contribution in [2.75, 3.05) is 0 Å². The van der Waals surface area contributed by atoms with Crippen LogP contribution in [0.25, 0.3) is 22.5 Å². The van der Waals surface area contributed by atoms with Gasteiger partial charge in [-0.05, 0) is 51.9 Å². The summed E-state index contributed by atoms with van der Waals surface area (Å²) in [7, 11) is 1.56. The van der Waals surface area contributed by atoms with E-state index >= 15 is 0 Å². The van der Waals surface area contributed by atoms with Gasteiger partial charge in [0, 0.05) is 29.9 Å². The van der Waals surface area contributed by atoms with E-state index in [9.17, 15) is 4.79 Å². The summed E-state index contributed by atoms with van der Waals surface area (Å²) in [6, 6.07) is 24.8. The lowest BCUT2D eigenvalue weighted by Crippen LogP contribution is -2.23. The average molecular weight is 459 g/mol. The molecule has 2 heterocycles. The summed E-state index contributed by atoms with van der Waals surface area (Å²) in [5.74, 6) is 0.449. The third kappa shape index (κ3) is 4.16. The van der Waals surface area contributed by atoms with Crippen LogP contribution in [0, 0.1) is 0 Å². The smallest absolute Gasteiger partial charge is 0.368 e. The van der Waals surface area contributed by atoms with Crippen LogP contribution in [0.1, 0.15) is 5.56 Å². The standard InChI is InChI=1S/C24H19ClN6O2/c1-29-24(32)31(28-27-29)22-9-5-8-20(17-6-3-2-4-7-17)21(22)16-33-23-14-15-30(26-23)19-12-10-18(25)11-13-19/h2-15H,16H2,1H3. The molecule has 9 heteroatoms. The number of aromatic nitrogens is 6. The van der Waals surface area contributed by atoms with Crippen molar-refractivity contribution in [1.29, 1.82) is 0 Å². The SMILES string of the molecule is Cn1nnn(-c2cccc(-c3ccccc3)c2COc2ccn(-c3ccc(Cl)cc3)n2)c1=O. The predicted octanol–water partition coefficient (Wildman–Crippen LogP) is 4.05. The molecule has 0 saturated heterocycles. The van der Waals surface area contributed by atoms with Gasteiger partial charge < -0.3 is 4.74 Å². The quantitative estimate of drug-likeness (QED) is 0.383. The zero-order valence-corrected chi connectivity index (χ0v) is 18.4. The van der Waals surface area contributed by atoms with Gasteiger partial charge in [-0.15, -0.1) is 5.10 Å². The maximum atomic E-state index is 12.6. The van der Waals surface area contributed by atoms with Crippen LogP contribution in [0.4, 0.5) is 0 Å². The molecule has 0 radical (unpaired) electrons. The number of tetrazole rings is 1. The molecule has 0 amide bonds. The molecule has 0 unspecified atom stereocenters. The van der Waals surface area contributed by atoms with Gasteiger partial charge in [0.2, 0.25) is 5.88 Å². The third-order valence-electron chi connectivity index (χ3n) is 5.21. The summed E-state index contributed by atoms with van der Waals surface area (Å²) in [5.41, 5.74) is 3.86. The maximum Gasteiger partial charge on any atom is 0.368 e. The van der Waals surface area contributed by atoms with Crippen LogP contribution in [-0.2, 0) is 13.7 Å². The summed E-state index contributed by atoms with van der Waals surface area (Å²) in [5, 5.41) is 13.0. The van der Waals surface area contributed by atoms with Gasteiger partial charge in [0.05, 0.1) is 11.4 Å². The van der Waals surface area contributed by atoms with E-state index in [4.69, 9.17) is 16.3 Å². The minimum atomic E-state index is -0.339. The molecule has 3 aromatic carbocycles. The summed E-state index contributed by atoms with van der Waals surface area (Å²) in [4.78, 5) is 12.6. The van der Waals surface area contributed by atoms with Gasteiger partial charge in [0.15, 0.2) is 0 Å². The number of halogens is 1. The van der Waals surface area contributed by atoms with E-state index in [2.05, 4.69) is 15.5 Å². The second-order valence-corrected chi connectivity index (χ2v) is 7.77. The molecule has 0 aliphatic heterocycles. The van der Waals surface area contributed by atoms with Crippen LogP contribution < -0.4 is 10.4 Å². The topological polar surface area (TPSA) is 79.8 Å². The average Bonchev–Trinajstić information content (AvgIpc) is 3.45. The highest BCUT2D eigenvalue weighted by Crippen LogP contribution is 2.29. The lowest BCUT2D eigenvalue weighted by atomic mass is 9.98. The van der Waals surface area contributed by atoms with Crippen molar-refractivity contribution in [2.24, 2.45) is 7.05 Å². The molecule has 0 aliphatic carbocycles. The first-order valence-corrected chi connectivity index (χ1v) is 10.6. The maximum absolute atomic E-state index is 12.6. The molecule has 164 valence electrons. The molecular formula is C24H19ClN6O2. The van der Waals surface area contributed by atoms with Crippen LogP contribution in [-0.4, -0.2) is 29.6 Å². The molecule has 5 aromatic rings. The lowest BCUT2D eigenvalue weighted by molar-refractivity contribution is 0.292. The van der Waals surface area contributed by atoms with Crippen molar-refractivity contribution in [3.8, 4) is 28.4 Å². The minimum Gasteiger partial charge on any atom is -0.472 e. The molecular weight excluding hydrogens is 440 g/mol. The van der Waals surface area contributed by atoms with Crippen molar-refractivity contribution < 1.29 is 4.74 Å². The monoisotopic (exact) mass is 458 g/mol. The molecule has 0 aliphatic rings. The third-order valence-corrected chi connectivity index (χ3v) is 5.46. The van der Waals surface area contributed by atoms with Gasteiger partial charge in [0.25, 0.3) is 0 Å². The second-order valence-electron chi connectivity index (χ2n) is 7.33. The van der Waals surface area contributed by atoms with E-state index in [1.165, 1.54) is 9.36 Å². The Morgan fingerprint density at radius 2 is 1.70 bits per heavy atom. The van der Waals surface area contributed by atoms with E-state index < -0.39 is 0 Å². The Kier molecular flexibility index (Phi) is 5.50. The molecule has 33 heavy (non-hydrogen) atoms. The number of aryl methyl sites for hydroxylation is 1. The Labute approximate surface area is 194 Å². The predicted molar refractivity (Wildman–Crippen MR) is 125 cm³/mol. The van der Waals surface area contributed by atoms with Crippen molar-refractivity contribution >= 4 is 11.6 Å². The number of rotatable bonds is 6. The number of hydrogen-bond acceptors (Lipinski definition) is 5. The first kappa shape index (κ1) is 20.7. The lowest BCUT2D eigenvalue weighted by Gasteiger charge is -2.14. The van der Waals surface area contributed by atoms with E-state index in [0.29, 0.717) is 16.6 Å². The van der Waals surface area contributed by atoms with Crippen molar-refractivity contribution in [3.63, 3.8) is 0 Å². The first-order chi connectivity index (χ1) is 16.1. The van der Waals surface area contributed by atoms with E-state index in [0.717, 1.165) is 22.4 Å². The normalized spacial score (nSPS) is 11.0. The summed E-state index contributed by atoms with van der Waals surface area (Å²) < 4.78 is 10.2. The van der Waals surface area contributed by atoms with Gasteiger partial charge in [-0.25, -0.2) is 9.48 Å². The summed E-state index contributed by atoms with van der Waals surface area (Å²) >= 11 is 5.98. The Bertz CT molecular complexity index is 1450. The van der Waals surface area contributed by atoms with Gasteiger partial charge >= 0.3 is 5.69 Å². The number of benzene rings is 3. The Hall–Kier alpha value is -4.17. The second kappa shape index (κ2) is 8.76. The number of ether oxygens (including phenoxy) is 1. The summed E-state index contributed by atoms with van der Waals surface area (Å²) in [6.07, 6.45) is 1.82. The minimum absolute atomic E-state index is 0.182. The fourth-order valence-electron chi connectivity index (χ4n) is 3.55. The molecule has 2 aromatic heterocycles. The zero-order valence-electron chi connectivity index (χ0n) is 17.7. The van der Waals surface area contributed by atoms with Crippen LogP contribution in [0.5, 0.6) is 5.88 Å². The number of nitrogens with zero attached hydrogens (tertiary/aromatic N) is 6. The fraction of sp³-hybridized carbons (Fsp3) is 0.0833. The van der Waals surface area contributed by atoms with Crippen molar-refractivity contribution in [2.45, 2.75) is 6.61 Å². The molecule has 0 bridgehead atoms. The summed E-state index contributed by atoms with van der Waals surface area (Å²) in [6.45, 7) is 0.182. The van der Waals surface area contributed by atoms with Crippen LogP contribution in [0.3, 0.4) is 0 Å². The van der Waals surface area contributed by atoms with Crippen LogP contribution in [0.15, 0.2) is 89.9 Å². The van der Waals surface area contributed by atoms with Crippen molar-refractivity contribution in [3.05, 3.63) is 106 Å². The highest BCUT2D eigenvalue weighted by molar-refractivity contribution is 6.30. The first-order valence-electron chi connectivity index (χ1n) is 10.2. The van der Waals surface area contributed by atoms with Gasteiger partial charge in [-0.2, -0.15) is 9.36 Å². The van der Waals surface area contributed by atoms with Crippen LogP contribution in [0.2, 0.25) is 5.02 Å². The van der Waals surface area contributed by atoms with Gasteiger partial charge in [-0.1, -0.05) is 54.1 Å². The van der Waals surface area contributed by atoms with Gasteiger partial charge in [0.1, 0.15) is 6.61 Å². The van der Waals surface area contributed by atoms with Crippen LogP contribution >= 0.6 is 11.6 Å². The molecule has 0 fully saturated rings. The Balaban J connectivity index is 1.51.